The summed E-state index contributed by atoms with van der Waals surface area (Å²) < 4.78 is 1.18. The molecule has 1 aromatic carbocycles. The number of likely N-dealkylation sites (N-methyl/N-ethyl adjacent to an activating group) is 2. The van der Waals surface area contributed by atoms with E-state index in [4.69, 9.17) is 0 Å². The van der Waals surface area contributed by atoms with Gasteiger partial charge in [0.2, 0.25) is 11.8 Å². The first-order valence-corrected chi connectivity index (χ1v) is 9.23. The monoisotopic (exact) mass is 347 g/mol. The molecule has 130 valence electrons. The summed E-state index contributed by atoms with van der Waals surface area (Å²) in [5.41, 5.74) is 1.02. The highest BCUT2D eigenvalue weighted by atomic mass is 32.1. The van der Waals surface area contributed by atoms with Gasteiger partial charge >= 0.3 is 0 Å². The van der Waals surface area contributed by atoms with Crippen molar-refractivity contribution in [1.82, 2.24) is 14.8 Å². The van der Waals surface area contributed by atoms with Gasteiger partial charge in [0, 0.05) is 26.6 Å². The molecular formula is C18H25N3O2S. The molecule has 2 rings (SSSR count). The minimum atomic E-state index is 0.00187. The lowest BCUT2D eigenvalue weighted by Crippen LogP contribution is -2.40. The minimum absolute atomic E-state index is 0.00187. The Balaban J connectivity index is 1.78. The predicted octanol–water partition coefficient (Wildman–Crippen LogP) is 2.95. The molecule has 0 aliphatic rings. The number of rotatable bonds is 8. The summed E-state index contributed by atoms with van der Waals surface area (Å²) in [7, 11) is 1.70. The standard InChI is InChI=1S/C18H25N3O2S/c1-4-21(5-2)18(23)13-20(3)17(22)12-8-11-16-19-14-9-6-7-10-15(14)24-16/h6-7,9-10H,4-5,8,11-13H2,1-3H3. The molecular weight excluding hydrogens is 322 g/mol. The van der Waals surface area contributed by atoms with E-state index in [2.05, 4.69) is 11.1 Å². The second kappa shape index (κ2) is 8.78. The van der Waals surface area contributed by atoms with E-state index in [1.807, 2.05) is 32.0 Å². The second-order valence-electron chi connectivity index (χ2n) is 5.74. The number of thiazole rings is 1. The molecule has 0 radical (unpaired) electrons. The Morgan fingerprint density at radius 3 is 2.50 bits per heavy atom. The van der Waals surface area contributed by atoms with Crippen molar-refractivity contribution in [3.63, 3.8) is 0 Å². The first kappa shape index (κ1) is 18.4. The normalized spacial score (nSPS) is 10.8. The molecule has 0 unspecified atom stereocenters. The Labute approximate surface area is 147 Å². The third-order valence-corrected chi connectivity index (χ3v) is 5.13. The zero-order valence-corrected chi connectivity index (χ0v) is 15.4. The van der Waals surface area contributed by atoms with E-state index in [0.717, 1.165) is 23.4 Å². The summed E-state index contributed by atoms with van der Waals surface area (Å²) in [6, 6.07) is 8.06. The Kier molecular flexibility index (Phi) is 6.73. The van der Waals surface area contributed by atoms with Gasteiger partial charge < -0.3 is 9.80 Å². The maximum Gasteiger partial charge on any atom is 0.242 e. The molecule has 0 fully saturated rings. The van der Waals surface area contributed by atoms with Crippen LogP contribution < -0.4 is 0 Å². The van der Waals surface area contributed by atoms with Crippen molar-refractivity contribution >= 4 is 33.4 Å². The van der Waals surface area contributed by atoms with Crippen LogP contribution in [-0.4, -0.2) is 53.3 Å². The molecule has 0 atom stereocenters. The summed E-state index contributed by atoms with van der Waals surface area (Å²) >= 11 is 1.68. The van der Waals surface area contributed by atoms with Crippen molar-refractivity contribution in [2.45, 2.75) is 33.1 Å². The van der Waals surface area contributed by atoms with Crippen LogP contribution >= 0.6 is 11.3 Å². The van der Waals surface area contributed by atoms with Gasteiger partial charge in [-0.2, -0.15) is 0 Å². The van der Waals surface area contributed by atoms with Gasteiger partial charge in [0.15, 0.2) is 0 Å². The lowest BCUT2D eigenvalue weighted by atomic mass is 10.2. The number of aryl methyl sites for hydroxylation is 1. The van der Waals surface area contributed by atoms with Gasteiger partial charge in [-0.1, -0.05) is 12.1 Å². The number of hydrogen-bond acceptors (Lipinski definition) is 4. The van der Waals surface area contributed by atoms with Gasteiger partial charge in [-0.25, -0.2) is 4.98 Å². The zero-order chi connectivity index (χ0) is 17.5. The van der Waals surface area contributed by atoms with Crippen LogP contribution in [0.2, 0.25) is 0 Å². The Bertz CT molecular complexity index is 661. The van der Waals surface area contributed by atoms with Crippen LogP contribution in [0, 0.1) is 0 Å². The highest BCUT2D eigenvalue weighted by molar-refractivity contribution is 7.18. The number of carbonyl (C=O) groups is 2. The first-order chi connectivity index (χ1) is 11.5. The molecule has 1 aromatic heterocycles. The average molecular weight is 347 g/mol. The van der Waals surface area contributed by atoms with Crippen molar-refractivity contribution in [3.8, 4) is 0 Å². The van der Waals surface area contributed by atoms with Crippen molar-refractivity contribution in [1.29, 1.82) is 0 Å². The van der Waals surface area contributed by atoms with Crippen LogP contribution in [0.3, 0.4) is 0 Å². The van der Waals surface area contributed by atoms with Crippen molar-refractivity contribution < 1.29 is 9.59 Å². The van der Waals surface area contributed by atoms with Crippen molar-refractivity contribution in [3.05, 3.63) is 29.3 Å². The topological polar surface area (TPSA) is 53.5 Å². The number of hydrogen-bond donors (Lipinski definition) is 0. The van der Waals surface area contributed by atoms with Gasteiger partial charge in [0.25, 0.3) is 0 Å². The molecule has 0 saturated carbocycles. The van der Waals surface area contributed by atoms with Crippen molar-refractivity contribution in [2.75, 3.05) is 26.7 Å². The van der Waals surface area contributed by atoms with Gasteiger partial charge in [-0.15, -0.1) is 11.3 Å². The Hall–Kier alpha value is -1.95. The summed E-state index contributed by atoms with van der Waals surface area (Å²) in [6.07, 6.45) is 1.99. The summed E-state index contributed by atoms with van der Waals surface area (Å²) in [5.74, 6) is 0.0126. The van der Waals surface area contributed by atoms with Crippen LogP contribution in [0.15, 0.2) is 24.3 Å². The fourth-order valence-corrected chi connectivity index (χ4v) is 3.59. The van der Waals surface area contributed by atoms with E-state index in [-0.39, 0.29) is 18.4 Å². The molecule has 2 aromatic rings. The fourth-order valence-electron chi connectivity index (χ4n) is 2.58. The lowest BCUT2D eigenvalue weighted by Gasteiger charge is -2.23. The van der Waals surface area contributed by atoms with E-state index < -0.39 is 0 Å². The number of amides is 2. The van der Waals surface area contributed by atoms with Crippen molar-refractivity contribution in [2.24, 2.45) is 0 Å². The zero-order valence-electron chi connectivity index (χ0n) is 14.6. The highest BCUT2D eigenvalue weighted by Crippen LogP contribution is 2.22. The van der Waals surface area contributed by atoms with E-state index in [9.17, 15) is 9.59 Å². The molecule has 0 bridgehead atoms. The average Bonchev–Trinajstić information content (AvgIpc) is 2.98. The molecule has 0 saturated heterocycles. The lowest BCUT2D eigenvalue weighted by molar-refractivity contribution is -0.139. The van der Waals surface area contributed by atoms with E-state index in [1.165, 1.54) is 9.60 Å². The number of carbonyl (C=O) groups excluding carboxylic acids is 2. The molecule has 1 heterocycles. The summed E-state index contributed by atoms with van der Waals surface area (Å²) in [5, 5.41) is 1.06. The number of para-hydroxylation sites is 1. The molecule has 0 spiro atoms. The highest BCUT2D eigenvalue weighted by Gasteiger charge is 2.16. The number of aromatic nitrogens is 1. The van der Waals surface area contributed by atoms with Crippen LogP contribution in [0.4, 0.5) is 0 Å². The van der Waals surface area contributed by atoms with E-state index in [1.54, 1.807) is 23.3 Å². The molecule has 2 amide bonds. The van der Waals surface area contributed by atoms with Crippen LogP contribution in [-0.2, 0) is 16.0 Å². The first-order valence-electron chi connectivity index (χ1n) is 8.41. The Morgan fingerprint density at radius 2 is 1.83 bits per heavy atom. The maximum absolute atomic E-state index is 12.2. The number of nitrogens with zero attached hydrogens (tertiary/aromatic N) is 3. The van der Waals surface area contributed by atoms with Crippen LogP contribution in [0.1, 0.15) is 31.7 Å². The second-order valence-corrected chi connectivity index (χ2v) is 6.86. The number of benzene rings is 1. The largest absolute Gasteiger partial charge is 0.342 e. The van der Waals surface area contributed by atoms with E-state index in [0.29, 0.717) is 19.5 Å². The maximum atomic E-state index is 12.2. The van der Waals surface area contributed by atoms with Gasteiger partial charge in [-0.3, -0.25) is 9.59 Å². The van der Waals surface area contributed by atoms with E-state index >= 15 is 0 Å². The van der Waals surface area contributed by atoms with Gasteiger partial charge in [0.05, 0.1) is 21.8 Å². The predicted molar refractivity (Wildman–Crippen MR) is 98.1 cm³/mol. The third-order valence-electron chi connectivity index (χ3n) is 4.03. The molecule has 0 aliphatic heterocycles. The SMILES string of the molecule is CCN(CC)C(=O)CN(C)C(=O)CCCc1nc2ccccc2s1. The molecule has 24 heavy (non-hydrogen) atoms. The summed E-state index contributed by atoms with van der Waals surface area (Å²) in [4.78, 5) is 32.1. The van der Waals surface area contributed by atoms with Gasteiger partial charge in [0.1, 0.15) is 0 Å². The van der Waals surface area contributed by atoms with Crippen LogP contribution in [0.25, 0.3) is 10.2 Å². The third kappa shape index (κ3) is 4.77. The molecule has 0 aliphatic carbocycles. The quantitative estimate of drug-likeness (QED) is 0.738. The molecule has 5 nitrogen and oxygen atoms in total. The molecule has 6 heteroatoms. The Morgan fingerprint density at radius 1 is 1.12 bits per heavy atom. The van der Waals surface area contributed by atoms with Crippen LogP contribution in [0.5, 0.6) is 0 Å². The minimum Gasteiger partial charge on any atom is -0.342 e. The molecule has 0 N–H and O–H groups in total. The fraction of sp³-hybridized carbons (Fsp3) is 0.500. The number of fused-ring (bicyclic) bond motifs is 1. The smallest absolute Gasteiger partial charge is 0.242 e. The summed E-state index contributed by atoms with van der Waals surface area (Å²) in [6.45, 7) is 5.40. The van der Waals surface area contributed by atoms with Gasteiger partial charge in [-0.05, 0) is 38.8 Å².